The van der Waals surface area contributed by atoms with Crippen LogP contribution in [0.15, 0.2) is 46.9 Å². The third-order valence-electron chi connectivity index (χ3n) is 5.37. The van der Waals surface area contributed by atoms with Gasteiger partial charge in [0.1, 0.15) is 5.75 Å². The van der Waals surface area contributed by atoms with E-state index in [1.165, 1.54) is 23.1 Å². The number of ether oxygens (including phenoxy) is 1. The minimum atomic E-state index is -0.331. The number of hydrogen-bond donors (Lipinski definition) is 1. The Morgan fingerprint density at radius 2 is 1.86 bits per heavy atom. The molecule has 2 aromatic carbocycles. The van der Waals surface area contributed by atoms with Crippen molar-refractivity contribution in [2.75, 3.05) is 11.1 Å². The van der Waals surface area contributed by atoms with E-state index in [-0.39, 0.29) is 17.8 Å². The second-order valence-electron chi connectivity index (χ2n) is 8.10. The molecule has 2 heterocycles. The molecule has 1 unspecified atom stereocenters. The summed E-state index contributed by atoms with van der Waals surface area (Å²) in [7, 11) is 0. The molecule has 2 aromatic heterocycles. The van der Waals surface area contributed by atoms with Crippen LogP contribution < -0.4 is 10.1 Å². The highest BCUT2D eigenvalue weighted by atomic mass is 35.5. The van der Waals surface area contributed by atoms with Crippen molar-refractivity contribution < 1.29 is 9.53 Å². The average Bonchev–Trinajstić information content (AvgIpc) is 3.48. The van der Waals surface area contributed by atoms with Crippen molar-refractivity contribution in [3.8, 4) is 17.0 Å². The Labute approximate surface area is 228 Å². The van der Waals surface area contributed by atoms with Crippen LogP contribution in [-0.2, 0) is 11.3 Å². The zero-order valence-corrected chi connectivity index (χ0v) is 23.4. The van der Waals surface area contributed by atoms with Gasteiger partial charge in [-0.1, -0.05) is 47.1 Å². The lowest BCUT2D eigenvalue weighted by Gasteiger charge is -2.17. The van der Waals surface area contributed by atoms with Crippen molar-refractivity contribution in [2.45, 2.75) is 45.5 Å². The largest absolute Gasteiger partial charge is 0.483 e. The van der Waals surface area contributed by atoms with Gasteiger partial charge >= 0.3 is 0 Å². The zero-order valence-electron chi connectivity index (χ0n) is 20.2. The lowest BCUT2D eigenvalue weighted by atomic mass is 10.1. The fourth-order valence-electron chi connectivity index (χ4n) is 3.61. The van der Waals surface area contributed by atoms with Crippen molar-refractivity contribution in [1.82, 2.24) is 19.7 Å². The van der Waals surface area contributed by atoms with E-state index in [9.17, 15) is 4.79 Å². The van der Waals surface area contributed by atoms with E-state index in [0.717, 1.165) is 33.2 Å². The summed E-state index contributed by atoms with van der Waals surface area (Å²) in [4.78, 5) is 17.1. The number of carbonyl (C=O) groups is 1. The minimum Gasteiger partial charge on any atom is -0.483 e. The number of thioether (sulfide) groups is 1. The standard InChI is InChI=1S/C25H25Cl2N5O2S2/c1-5-32-23(16(4)34-19-10-14(2)22(27)15(3)11-19)30-31-25(32)36-13-21(33)29-24-28-20(12-35-24)17-6-8-18(26)9-7-17/h6-12,16H,5,13H2,1-4H3,(H,28,29,33). The summed E-state index contributed by atoms with van der Waals surface area (Å²) in [6.45, 7) is 8.48. The number of anilines is 1. The maximum atomic E-state index is 12.6. The van der Waals surface area contributed by atoms with Crippen LogP contribution in [0, 0.1) is 13.8 Å². The molecule has 1 atom stereocenters. The van der Waals surface area contributed by atoms with E-state index >= 15 is 0 Å². The smallest absolute Gasteiger partial charge is 0.236 e. The Morgan fingerprint density at radius 3 is 2.53 bits per heavy atom. The molecule has 0 saturated heterocycles. The summed E-state index contributed by atoms with van der Waals surface area (Å²) in [6, 6.07) is 11.2. The number of rotatable bonds is 9. The molecule has 1 amide bonds. The third kappa shape index (κ3) is 6.21. The van der Waals surface area contributed by atoms with Crippen molar-refractivity contribution in [1.29, 1.82) is 0 Å². The molecule has 0 spiro atoms. The van der Waals surface area contributed by atoms with E-state index in [2.05, 4.69) is 20.5 Å². The molecule has 188 valence electrons. The molecule has 0 radical (unpaired) electrons. The summed E-state index contributed by atoms with van der Waals surface area (Å²) in [5.74, 6) is 1.43. The van der Waals surface area contributed by atoms with Crippen LogP contribution in [0.2, 0.25) is 10.0 Å². The van der Waals surface area contributed by atoms with E-state index in [0.29, 0.717) is 27.7 Å². The van der Waals surface area contributed by atoms with Crippen LogP contribution in [0.5, 0.6) is 5.75 Å². The Bertz CT molecular complexity index is 1350. The van der Waals surface area contributed by atoms with E-state index in [1.54, 1.807) is 0 Å². The fraction of sp³-hybridized carbons (Fsp3) is 0.280. The molecule has 1 N–H and O–H groups in total. The van der Waals surface area contributed by atoms with Gasteiger partial charge in [-0.25, -0.2) is 4.98 Å². The molecule has 0 saturated carbocycles. The highest BCUT2D eigenvalue weighted by Gasteiger charge is 2.20. The normalized spacial score (nSPS) is 11.9. The van der Waals surface area contributed by atoms with Gasteiger partial charge in [-0.3, -0.25) is 4.79 Å². The number of nitrogens with one attached hydrogen (secondary N) is 1. The number of nitrogens with zero attached hydrogens (tertiary/aromatic N) is 4. The average molecular weight is 563 g/mol. The van der Waals surface area contributed by atoms with Crippen LogP contribution in [0.4, 0.5) is 5.13 Å². The van der Waals surface area contributed by atoms with Crippen LogP contribution in [-0.4, -0.2) is 31.4 Å². The monoisotopic (exact) mass is 561 g/mol. The summed E-state index contributed by atoms with van der Waals surface area (Å²) < 4.78 is 8.10. The van der Waals surface area contributed by atoms with Crippen molar-refractivity contribution in [3.63, 3.8) is 0 Å². The Balaban J connectivity index is 1.37. The molecule has 36 heavy (non-hydrogen) atoms. The lowest BCUT2D eigenvalue weighted by molar-refractivity contribution is -0.113. The first kappa shape index (κ1) is 26.5. The highest BCUT2D eigenvalue weighted by molar-refractivity contribution is 7.99. The number of aromatic nitrogens is 4. The maximum absolute atomic E-state index is 12.6. The first-order valence-electron chi connectivity index (χ1n) is 11.3. The van der Waals surface area contributed by atoms with E-state index in [4.69, 9.17) is 27.9 Å². The number of hydrogen-bond acceptors (Lipinski definition) is 7. The number of carbonyl (C=O) groups excluding carboxylic acids is 1. The second-order valence-corrected chi connectivity index (χ2v) is 10.7. The molecule has 0 aliphatic heterocycles. The van der Waals surface area contributed by atoms with Gasteiger partial charge in [0.15, 0.2) is 22.2 Å². The summed E-state index contributed by atoms with van der Waals surface area (Å²) in [5.41, 5.74) is 3.64. The number of thiazole rings is 1. The van der Waals surface area contributed by atoms with E-state index in [1.807, 2.05) is 74.0 Å². The van der Waals surface area contributed by atoms with Crippen LogP contribution in [0.25, 0.3) is 11.3 Å². The van der Waals surface area contributed by atoms with Gasteiger partial charge in [0.25, 0.3) is 0 Å². The molecule has 0 bridgehead atoms. The van der Waals surface area contributed by atoms with Crippen molar-refractivity contribution >= 4 is 57.3 Å². The van der Waals surface area contributed by atoms with Gasteiger partial charge in [0.2, 0.25) is 5.91 Å². The highest BCUT2D eigenvalue weighted by Crippen LogP contribution is 2.30. The molecule has 11 heteroatoms. The van der Waals surface area contributed by atoms with Gasteiger partial charge in [0.05, 0.1) is 11.4 Å². The van der Waals surface area contributed by atoms with Gasteiger partial charge in [-0.2, -0.15) is 0 Å². The Kier molecular flexibility index (Phi) is 8.56. The SMILES string of the molecule is CCn1c(SCC(=O)Nc2nc(-c3ccc(Cl)cc3)cs2)nnc1C(C)Oc1cc(C)c(Cl)c(C)c1. The minimum absolute atomic E-state index is 0.166. The first-order chi connectivity index (χ1) is 17.2. The molecule has 0 aliphatic carbocycles. The summed E-state index contributed by atoms with van der Waals surface area (Å²) >= 11 is 14.9. The van der Waals surface area contributed by atoms with Gasteiger partial charge in [0, 0.05) is 27.5 Å². The number of amides is 1. The maximum Gasteiger partial charge on any atom is 0.236 e. The predicted octanol–water partition coefficient (Wildman–Crippen LogP) is 7.22. The zero-order chi connectivity index (χ0) is 25.8. The lowest BCUT2D eigenvalue weighted by Crippen LogP contribution is -2.15. The Morgan fingerprint density at radius 1 is 1.17 bits per heavy atom. The predicted molar refractivity (Wildman–Crippen MR) is 148 cm³/mol. The second kappa shape index (κ2) is 11.6. The molecular weight excluding hydrogens is 537 g/mol. The van der Waals surface area contributed by atoms with Crippen molar-refractivity contribution in [3.05, 3.63) is 68.8 Å². The third-order valence-corrected chi connectivity index (χ3v) is 7.94. The summed E-state index contributed by atoms with van der Waals surface area (Å²) in [6.07, 6.45) is -0.331. The number of halogens is 2. The molecular formula is C25H25Cl2N5O2S2. The quantitative estimate of drug-likeness (QED) is 0.217. The molecule has 7 nitrogen and oxygen atoms in total. The van der Waals surface area contributed by atoms with Crippen molar-refractivity contribution in [2.24, 2.45) is 0 Å². The van der Waals surface area contributed by atoms with Gasteiger partial charge in [-0.15, -0.1) is 21.5 Å². The summed E-state index contributed by atoms with van der Waals surface area (Å²) in [5, 5.41) is 16.0. The van der Waals surface area contributed by atoms with Gasteiger partial charge in [-0.05, 0) is 63.1 Å². The molecule has 4 aromatic rings. The topological polar surface area (TPSA) is 81.9 Å². The van der Waals surface area contributed by atoms with Crippen LogP contribution in [0.3, 0.4) is 0 Å². The van der Waals surface area contributed by atoms with Crippen LogP contribution in [0.1, 0.15) is 36.9 Å². The fourth-order valence-corrected chi connectivity index (χ4v) is 5.39. The van der Waals surface area contributed by atoms with Crippen LogP contribution >= 0.6 is 46.3 Å². The first-order valence-corrected chi connectivity index (χ1v) is 13.9. The molecule has 0 aliphatic rings. The number of benzene rings is 2. The van der Waals surface area contributed by atoms with E-state index < -0.39 is 0 Å². The molecule has 4 rings (SSSR count). The number of aryl methyl sites for hydroxylation is 2. The molecule has 0 fully saturated rings. The van der Waals surface area contributed by atoms with Gasteiger partial charge < -0.3 is 14.6 Å². The Hall–Kier alpha value is -2.59.